The Morgan fingerprint density at radius 1 is 1.12 bits per heavy atom. The van der Waals surface area contributed by atoms with E-state index in [4.69, 9.17) is 9.47 Å². The molecular formula is C20H23NO4. The highest BCUT2D eigenvalue weighted by Gasteiger charge is 2.31. The summed E-state index contributed by atoms with van der Waals surface area (Å²) in [5.74, 6) is 0.893. The van der Waals surface area contributed by atoms with Gasteiger partial charge in [0.1, 0.15) is 5.75 Å². The van der Waals surface area contributed by atoms with Crippen molar-refractivity contribution in [1.82, 2.24) is 4.90 Å². The molecule has 1 aliphatic heterocycles. The minimum atomic E-state index is -0.159. The number of carbonyl (C=O) groups is 1. The zero-order valence-corrected chi connectivity index (χ0v) is 14.6. The molecule has 0 aromatic heterocycles. The summed E-state index contributed by atoms with van der Waals surface area (Å²) >= 11 is 0. The minimum absolute atomic E-state index is 0.0920. The molecule has 1 amide bonds. The minimum Gasteiger partial charge on any atom is -0.504 e. The lowest BCUT2D eigenvalue weighted by molar-refractivity contribution is 0.0732. The lowest BCUT2D eigenvalue weighted by atomic mass is 10.0. The third-order valence-electron chi connectivity index (χ3n) is 4.74. The van der Waals surface area contributed by atoms with Crippen molar-refractivity contribution in [3.8, 4) is 17.2 Å². The Bertz CT molecular complexity index is 759. The number of rotatable bonds is 5. The van der Waals surface area contributed by atoms with E-state index in [1.54, 1.807) is 25.3 Å². The van der Waals surface area contributed by atoms with E-state index in [1.807, 2.05) is 29.2 Å². The summed E-state index contributed by atoms with van der Waals surface area (Å²) in [5, 5.41) is 10.3. The summed E-state index contributed by atoms with van der Waals surface area (Å²) < 4.78 is 10.5. The third kappa shape index (κ3) is 3.40. The Kier molecular flexibility index (Phi) is 5.12. The number of amides is 1. The number of para-hydroxylation sites is 2. The van der Waals surface area contributed by atoms with E-state index in [2.05, 4.69) is 0 Å². The van der Waals surface area contributed by atoms with Gasteiger partial charge in [0.2, 0.25) is 0 Å². The number of likely N-dealkylation sites (tertiary alicyclic amines) is 1. The molecule has 1 atom stereocenters. The summed E-state index contributed by atoms with van der Waals surface area (Å²) in [7, 11) is 3.13. The van der Waals surface area contributed by atoms with Gasteiger partial charge in [0.25, 0.3) is 5.91 Å². The van der Waals surface area contributed by atoms with Gasteiger partial charge in [-0.15, -0.1) is 0 Å². The second-order valence-electron chi connectivity index (χ2n) is 6.17. The van der Waals surface area contributed by atoms with Crippen LogP contribution in [0.3, 0.4) is 0 Å². The van der Waals surface area contributed by atoms with E-state index in [0.29, 0.717) is 12.3 Å². The van der Waals surface area contributed by atoms with E-state index >= 15 is 0 Å². The van der Waals surface area contributed by atoms with Crippen LogP contribution in [0.5, 0.6) is 17.2 Å². The fraction of sp³-hybridized carbons (Fsp3) is 0.350. The topological polar surface area (TPSA) is 59.0 Å². The zero-order valence-electron chi connectivity index (χ0n) is 14.6. The summed E-state index contributed by atoms with van der Waals surface area (Å²) in [6, 6.07) is 13.0. The molecule has 0 saturated carbocycles. The number of nitrogens with zero attached hydrogens (tertiary/aromatic N) is 1. The Labute approximate surface area is 147 Å². The van der Waals surface area contributed by atoms with Crippen LogP contribution in [0.15, 0.2) is 42.5 Å². The van der Waals surface area contributed by atoms with Crippen molar-refractivity contribution in [3.63, 3.8) is 0 Å². The number of methoxy groups -OCH3 is 2. The molecule has 3 rings (SSSR count). The molecule has 0 spiro atoms. The molecular weight excluding hydrogens is 318 g/mol. The van der Waals surface area contributed by atoms with Gasteiger partial charge in [-0.3, -0.25) is 4.79 Å². The van der Waals surface area contributed by atoms with Crippen molar-refractivity contribution in [2.45, 2.75) is 25.3 Å². The van der Waals surface area contributed by atoms with Crippen LogP contribution in [0.1, 0.15) is 28.8 Å². The monoisotopic (exact) mass is 341 g/mol. The maximum atomic E-state index is 13.0. The number of ether oxygens (including phenoxy) is 2. The Morgan fingerprint density at radius 2 is 1.84 bits per heavy atom. The van der Waals surface area contributed by atoms with E-state index < -0.39 is 0 Å². The van der Waals surface area contributed by atoms with Crippen molar-refractivity contribution in [2.24, 2.45) is 0 Å². The number of benzene rings is 2. The van der Waals surface area contributed by atoms with Crippen LogP contribution in [-0.2, 0) is 6.42 Å². The number of phenols is 1. The maximum Gasteiger partial charge on any atom is 0.258 e. The zero-order chi connectivity index (χ0) is 17.8. The molecule has 5 nitrogen and oxygen atoms in total. The molecule has 1 heterocycles. The summed E-state index contributed by atoms with van der Waals surface area (Å²) in [6.45, 7) is 0.690. The smallest absolute Gasteiger partial charge is 0.258 e. The Balaban J connectivity index is 1.83. The Morgan fingerprint density at radius 3 is 2.60 bits per heavy atom. The highest BCUT2D eigenvalue weighted by Crippen LogP contribution is 2.33. The molecule has 0 radical (unpaired) electrons. The van der Waals surface area contributed by atoms with E-state index in [-0.39, 0.29) is 23.3 Å². The first-order chi connectivity index (χ1) is 12.2. The van der Waals surface area contributed by atoms with E-state index in [0.717, 1.165) is 30.6 Å². The fourth-order valence-corrected chi connectivity index (χ4v) is 3.46. The average Bonchev–Trinajstić information content (AvgIpc) is 3.10. The molecule has 0 aliphatic carbocycles. The molecule has 2 aromatic rings. The lowest BCUT2D eigenvalue weighted by Gasteiger charge is -2.26. The predicted octanol–water partition coefficient (Wildman–Crippen LogP) is 3.26. The molecule has 132 valence electrons. The predicted molar refractivity (Wildman–Crippen MR) is 95.4 cm³/mol. The quantitative estimate of drug-likeness (QED) is 0.907. The highest BCUT2D eigenvalue weighted by molar-refractivity contribution is 5.98. The summed E-state index contributed by atoms with van der Waals surface area (Å²) in [5.41, 5.74) is 1.37. The number of phenolic OH excluding ortho intramolecular Hbond substituents is 1. The van der Waals surface area contributed by atoms with Crippen LogP contribution >= 0.6 is 0 Å². The summed E-state index contributed by atoms with van der Waals surface area (Å²) in [6.07, 6.45) is 2.63. The van der Waals surface area contributed by atoms with Gasteiger partial charge in [0.05, 0.1) is 19.8 Å². The molecule has 1 fully saturated rings. The molecule has 0 unspecified atom stereocenters. The van der Waals surface area contributed by atoms with E-state index in [9.17, 15) is 9.90 Å². The van der Waals surface area contributed by atoms with Crippen LogP contribution in [-0.4, -0.2) is 42.7 Å². The Hall–Kier alpha value is -2.69. The van der Waals surface area contributed by atoms with Crippen LogP contribution < -0.4 is 9.47 Å². The van der Waals surface area contributed by atoms with Gasteiger partial charge in [-0.2, -0.15) is 0 Å². The number of carbonyl (C=O) groups excluding carboxylic acids is 1. The highest BCUT2D eigenvalue weighted by atomic mass is 16.5. The maximum absolute atomic E-state index is 13.0. The van der Waals surface area contributed by atoms with Crippen molar-refractivity contribution in [1.29, 1.82) is 0 Å². The van der Waals surface area contributed by atoms with E-state index in [1.165, 1.54) is 7.11 Å². The van der Waals surface area contributed by atoms with Crippen molar-refractivity contribution in [2.75, 3.05) is 20.8 Å². The fourth-order valence-electron chi connectivity index (χ4n) is 3.46. The molecule has 5 heteroatoms. The van der Waals surface area contributed by atoms with Gasteiger partial charge in [-0.25, -0.2) is 0 Å². The molecule has 1 saturated heterocycles. The van der Waals surface area contributed by atoms with Gasteiger partial charge in [0, 0.05) is 12.6 Å². The number of hydrogen-bond donors (Lipinski definition) is 1. The van der Waals surface area contributed by atoms with Crippen LogP contribution in [0.25, 0.3) is 0 Å². The first-order valence-electron chi connectivity index (χ1n) is 8.44. The first kappa shape index (κ1) is 17.1. The molecule has 1 aliphatic rings. The third-order valence-corrected chi connectivity index (χ3v) is 4.74. The van der Waals surface area contributed by atoms with Gasteiger partial charge in [-0.05, 0) is 43.0 Å². The average molecular weight is 341 g/mol. The standard InChI is InChI=1S/C20H23NO4/c1-24-17-10-4-3-7-14(17)13-15-8-6-12-21(15)20(23)16-9-5-11-18(25-2)19(16)22/h3-5,7,9-11,15,22H,6,8,12-13H2,1-2H3/t15-/m1/s1. The second-order valence-corrected chi connectivity index (χ2v) is 6.17. The van der Waals surface area contributed by atoms with Crippen molar-refractivity contribution >= 4 is 5.91 Å². The van der Waals surface area contributed by atoms with Gasteiger partial charge < -0.3 is 19.5 Å². The first-order valence-corrected chi connectivity index (χ1v) is 8.44. The number of hydrogen-bond acceptors (Lipinski definition) is 4. The van der Waals surface area contributed by atoms with Gasteiger partial charge in [0.15, 0.2) is 11.5 Å². The van der Waals surface area contributed by atoms with Crippen molar-refractivity contribution in [3.05, 3.63) is 53.6 Å². The van der Waals surface area contributed by atoms with Crippen molar-refractivity contribution < 1.29 is 19.4 Å². The SMILES string of the molecule is COc1ccccc1C[C@H]1CCCN1C(=O)c1cccc(OC)c1O. The lowest BCUT2D eigenvalue weighted by Crippen LogP contribution is -2.36. The summed E-state index contributed by atoms with van der Waals surface area (Å²) in [4.78, 5) is 14.8. The second kappa shape index (κ2) is 7.47. The number of aromatic hydroxyl groups is 1. The molecule has 1 N–H and O–H groups in total. The largest absolute Gasteiger partial charge is 0.504 e. The van der Waals surface area contributed by atoms with Gasteiger partial charge in [-0.1, -0.05) is 24.3 Å². The van der Waals surface area contributed by atoms with Gasteiger partial charge >= 0.3 is 0 Å². The molecule has 0 bridgehead atoms. The molecule has 2 aromatic carbocycles. The van der Waals surface area contributed by atoms with Crippen LogP contribution in [0.4, 0.5) is 0 Å². The molecule has 25 heavy (non-hydrogen) atoms. The van der Waals surface area contributed by atoms with Crippen LogP contribution in [0, 0.1) is 0 Å². The normalized spacial score (nSPS) is 16.7. The van der Waals surface area contributed by atoms with Crippen LogP contribution in [0.2, 0.25) is 0 Å².